The van der Waals surface area contributed by atoms with Gasteiger partial charge < -0.3 is 15.0 Å². The number of ether oxygens (including phenoxy) is 1. The van der Waals surface area contributed by atoms with Crippen molar-refractivity contribution in [3.63, 3.8) is 0 Å². The predicted octanol–water partition coefficient (Wildman–Crippen LogP) is 1.63. The van der Waals surface area contributed by atoms with Crippen LogP contribution in [-0.4, -0.2) is 49.8 Å². The topological polar surface area (TPSA) is 24.5 Å². The number of piperidine rings is 1. The van der Waals surface area contributed by atoms with Gasteiger partial charge in [-0.05, 0) is 52.2 Å². The third kappa shape index (κ3) is 3.19. The Morgan fingerprint density at radius 1 is 1.31 bits per heavy atom. The monoisotopic (exact) mass is 226 g/mol. The van der Waals surface area contributed by atoms with Crippen LogP contribution in [0.3, 0.4) is 0 Å². The minimum absolute atomic E-state index is 0.477. The van der Waals surface area contributed by atoms with Crippen LogP contribution in [-0.2, 0) is 4.74 Å². The number of likely N-dealkylation sites (tertiary alicyclic amines) is 1. The Morgan fingerprint density at radius 3 is 2.62 bits per heavy atom. The minimum Gasteiger partial charge on any atom is -0.377 e. The van der Waals surface area contributed by atoms with E-state index in [9.17, 15) is 0 Å². The largest absolute Gasteiger partial charge is 0.377 e. The summed E-state index contributed by atoms with van der Waals surface area (Å²) >= 11 is 0. The predicted molar refractivity (Wildman–Crippen MR) is 66.7 cm³/mol. The summed E-state index contributed by atoms with van der Waals surface area (Å²) in [4.78, 5) is 2.42. The van der Waals surface area contributed by atoms with Crippen LogP contribution in [0.5, 0.6) is 0 Å². The van der Waals surface area contributed by atoms with E-state index in [0.29, 0.717) is 18.2 Å². The molecule has 0 aromatic rings. The minimum atomic E-state index is 0.477. The zero-order valence-corrected chi connectivity index (χ0v) is 10.7. The molecular formula is C13H26N2O. The van der Waals surface area contributed by atoms with Gasteiger partial charge in [-0.3, -0.25) is 0 Å². The molecule has 2 aliphatic heterocycles. The van der Waals surface area contributed by atoms with Gasteiger partial charge in [0.05, 0.1) is 6.10 Å². The fraction of sp³-hybridized carbons (Fsp3) is 1.00. The van der Waals surface area contributed by atoms with Gasteiger partial charge in [0.15, 0.2) is 0 Å². The molecule has 0 aromatic heterocycles. The van der Waals surface area contributed by atoms with E-state index in [1.54, 1.807) is 0 Å². The molecule has 0 bridgehead atoms. The van der Waals surface area contributed by atoms with Gasteiger partial charge >= 0.3 is 0 Å². The Kier molecular flexibility index (Phi) is 4.62. The van der Waals surface area contributed by atoms with Gasteiger partial charge in [0, 0.05) is 18.7 Å². The van der Waals surface area contributed by atoms with Crippen LogP contribution in [0.15, 0.2) is 0 Å². The Morgan fingerprint density at radius 2 is 2.06 bits per heavy atom. The molecule has 2 atom stereocenters. The lowest BCUT2D eigenvalue weighted by Gasteiger charge is -2.34. The Hall–Kier alpha value is -0.120. The molecule has 16 heavy (non-hydrogen) atoms. The van der Waals surface area contributed by atoms with E-state index in [1.807, 2.05) is 0 Å². The summed E-state index contributed by atoms with van der Waals surface area (Å²) in [6.07, 6.45) is 6.75. The van der Waals surface area contributed by atoms with Crippen molar-refractivity contribution in [3.05, 3.63) is 0 Å². The third-order valence-corrected chi connectivity index (χ3v) is 4.02. The highest BCUT2D eigenvalue weighted by atomic mass is 16.5. The summed E-state index contributed by atoms with van der Waals surface area (Å²) in [7, 11) is 2.22. The van der Waals surface area contributed by atoms with Crippen LogP contribution in [0.25, 0.3) is 0 Å². The van der Waals surface area contributed by atoms with Gasteiger partial charge in [-0.1, -0.05) is 6.92 Å². The van der Waals surface area contributed by atoms with Crippen LogP contribution in [0.2, 0.25) is 0 Å². The highest BCUT2D eigenvalue weighted by Gasteiger charge is 2.27. The highest BCUT2D eigenvalue weighted by molar-refractivity contribution is 4.85. The first-order valence-electron chi connectivity index (χ1n) is 6.85. The Labute approximate surface area is 99.5 Å². The van der Waals surface area contributed by atoms with Gasteiger partial charge in [-0.25, -0.2) is 0 Å². The summed E-state index contributed by atoms with van der Waals surface area (Å²) in [5.41, 5.74) is 0. The highest BCUT2D eigenvalue weighted by Crippen LogP contribution is 2.19. The molecule has 94 valence electrons. The quantitative estimate of drug-likeness (QED) is 0.788. The lowest BCUT2D eigenvalue weighted by atomic mass is 10.00. The van der Waals surface area contributed by atoms with Crippen LogP contribution in [0, 0.1) is 0 Å². The molecule has 0 saturated carbocycles. The van der Waals surface area contributed by atoms with E-state index in [1.165, 1.54) is 45.2 Å². The van der Waals surface area contributed by atoms with E-state index in [0.717, 1.165) is 6.61 Å². The van der Waals surface area contributed by atoms with Gasteiger partial charge in [-0.2, -0.15) is 0 Å². The Balaban J connectivity index is 1.77. The molecule has 0 aliphatic carbocycles. The zero-order valence-electron chi connectivity index (χ0n) is 10.7. The SMILES string of the molecule is CCC(NC1CCN(C)CC1)C1CCCO1. The fourth-order valence-corrected chi connectivity index (χ4v) is 2.89. The van der Waals surface area contributed by atoms with Crippen LogP contribution in [0.1, 0.15) is 39.0 Å². The number of hydrogen-bond acceptors (Lipinski definition) is 3. The van der Waals surface area contributed by atoms with Crippen LogP contribution < -0.4 is 5.32 Å². The Bertz CT molecular complexity index is 196. The number of nitrogens with one attached hydrogen (secondary N) is 1. The maximum Gasteiger partial charge on any atom is 0.0728 e. The fourth-order valence-electron chi connectivity index (χ4n) is 2.89. The average Bonchev–Trinajstić information content (AvgIpc) is 2.82. The molecule has 2 fully saturated rings. The lowest BCUT2D eigenvalue weighted by molar-refractivity contribution is 0.0683. The maximum atomic E-state index is 5.80. The van der Waals surface area contributed by atoms with Crippen molar-refractivity contribution < 1.29 is 4.74 Å². The molecule has 2 unspecified atom stereocenters. The summed E-state index contributed by atoms with van der Waals surface area (Å²) < 4.78 is 5.80. The van der Waals surface area contributed by atoms with Crippen molar-refractivity contribution >= 4 is 0 Å². The van der Waals surface area contributed by atoms with Gasteiger partial charge in [0.25, 0.3) is 0 Å². The molecule has 0 radical (unpaired) electrons. The van der Waals surface area contributed by atoms with Crippen LogP contribution in [0.4, 0.5) is 0 Å². The first kappa shape index (κ1) is 12.3. The second kappa shape index (κ2) is 5.99. The molecule has 3 nitrogen and oxygen atoms in total. The van der Waals surface area contributed by atoms with Gasteiger partial charge in [0.2, 0.25) is 0 Å². The molecule has 2 rings (SSSR count). The number of hydrogen-bond donors (Lipinski definition) is 1. The van der Waals surface area contributed by atoms with E-state index in [2.05, 4.69) is 24.2 Å². The second-order valence-corrected chi connectivity index (χ2v) is 5.31. The van der Waals surface area contributed by atoms with E-state index < -0.39 is 0 Å². The molecule has 3 heteroatoms. The molecule has 0 spiro atoms. The molecule has 2 heterocycles. The number of rotatable bonds is 4. The van der Waals surface area contributed by atoms with E-state index in [4.69, 9.17) is 4.74 Å². The van der Waals surface area contributed by atoms with E-state index in [-0.39, 0.29) is 0 Å². The molecule has 1 N–H and O–H groups in total. The van der Waals surface area contributed by atoms with Crippen LogP contribution >= 0.6 is 0 Å². The smallest absolute Gasteiger partial charge is 0.0728 e. The van der Waals surface area contributed by atoms with Crippen molar-refractivity contribution in [1.29, 1.82) is 0 Å². The first-order chi connectivity index (χ1) is 7.79. The molecule has 2 saturated heterocycles. The molecule has 0 aromatic carbocycles. The normalized spacial score (nSPS) is 30.8. The second-order valence-electron chi connectivity index (χ2n) is 5.31. The van der Waals surface area contributed by atoms with Crippen molar-refractivity contribution in [2.75, 3.05) is 26.7 Å². The van der Waals surface area contributed by atoms with Crippen molar-refractivity contribution in [2.24, 2.45) is 0 Å². The van der Waals surface area contributed by atoms with Crippen molar-refractivity contribution in [2.45, 2.75) is 57.2 Å². The average molecular weight is 226 g/mol. The van der Waals surface area contributed by atoms with Gasteiger partial charge in [-0.15, -0.1) is 0 Å². The zero-order chi connectivity index (χ0) is 11.4. The lowest BCUT2D eigenvalue weighted by Crippen LogP contribution is -2.49. The summed E-state index contributed by atoms with van der Waals surface area (Å²) in [5.74, 6) is 0. The summed E-state index contributed by atoms with van der Waals surface area (Å²) in [5, 5.41) is 3.82. The van der Waals surface area contributed by atoms with Crippen molar-refractivity contribution in [1.82, 2.24) is 10.2 Å². The maximum absolute atomic E-state index is 5.80. The number of nitrogens with zero attached hydrogens (tertiary/aromatic N) is 1. The summed E-state index contributed by atoms with van der Waals surface area (Å²) in [6, 6.07) is 1.29. The molecule has 0 amide bonds. The van der Waals surface area contributed by atoms with E-state index >= 15 is 0 Å². The molecular weight excluding hydrogens is 200 g/mol. The van der Waals surface area contributed by atoms with Crippen molar-refractivity contribution in [3.8, 4) is 0 Å². The molecule has 2 aliphatic rings. The first-order valence-corrected chi connectivity index (χ1v) is 6.85. The standard InChI is InChI=1S/C13H26N2O/c1-3-12(13-5-4-10-16-13)14-11-6-8-15(2)9-7-11/h11-14H,3-10H2,1-2H3. The van der Waals surface area contributed by atoms with Gasteiger partial charge in [0.1, 0.15) is 0 Å². The summed E-state index contributed by atoms with van der Waals surface area (Å²) in [6.45, 7) is 5.71. The third-order valence-electron chi connectivity index (χ3n) is 4.02.